The fraction of sp³-hybridized carbons (Fsp3) is 0.424. The Kier molecular flexibility index (Phi) is 9.12. The van der Waals surface area contributed by atoms with Gasteiger partial charge in [0.2, 0.25) is 15.9 Å². The number of methoxy groups -OCH3 is 1. The second-order valence-electron chi connectivity index (χ2n) is 11.4. The van der Waals surface area contributed by atoms with Gasteiger partial charge in [0.1, 0.15) is 10.6 Å². The van der Waals surface area contributed by atoms with Crippen LogP contribution >= 0.6 is 0 Å². The van der Waals surface area contributed by atoms with Crippen molar-refractivity contribution in [3.05, 3.63) is 95.6 Å². The molecule has 3 aromatic carbocycles. The lowest BCUT2D eigenvalue weighted by Crippen LogP contribution is -2.53. The largest absolute Gasteiger partial charge is 0.495 e. The molecule has 2 aliphatic rings. The van der Waals surface area contributed by atoms with Crippen molar-refractivity contribution in [2.75, 3.05) is 46.4 Å². The number of hydrogen-bond donors (Lipinski definition) is 0. The number of sulfonamides is 1. The molecule has 7 nitrogen and oxygen atoms in total. The van der Waals surface area contributed by atoms with Crippen LogP contribution in [0.5, 0.6) is 5.75 Å². The van der Waals surface area contributed by atoms with E-state index in [0.29, 0.717) is 38.2 Å². The van der Waals surface area contributed by atoms with Gasteiger partial charge in [0.15, 0.2) is 0 Å². The number of rotatable bonds is 8. The molecule has 0 saturated carbocycles. The van der Waals surface area contributed by atoms with E-state index in [1.54, 1.807) is 12.1 Å². The molecular formula is C33H41N3O4S. The molecule has 3 aromatic rings. The van der Waals surface area contributed by atoms with E-state index in [9.17, 15) is 13.2 Å². The summed E-state index contributed by atoms with van der Waals surface area (Å²) >= 11 is 0. The maximum absolute atomic E-state index is 13.8. The van der Waals surface area contributed by atoms with Crippen LogP contribution in [0.25, 0.3) is 0 Å². The normalized spacial score (nSPS) is 19.0. The molecule has 2 heterocycles. The zero-order valence-corrected chi connectivity index (χ0v) is 25.1. The Balaban J connectivity index is 1.28. The van der Waals surface area contributed by atoms with Crippen molar-refractivity contribution < 1.29 is 17.9 Å². The third-order valence-electron chi connectivity index (χ3n) is 8.43. The maximum atomic E-state index is 13.8. The molecule has 2 aliphatic heterocycles. The van der Waals surface area contributed by atoms with Crippen molar-refractivity contribution >= 4 is 15.9 Å². The molecule has 0 radical (unpaired) electrons. The topological polar surface area (TPSA) is 70.2 Å². The molecule has 0 aromatic heterocycles. The molecule has 2 fully saturated rings. The quantitative estimate of drug-likeness (QED) is 0.372. The van der Waals surface area contributed by atoms with E-state index in [-0.39, 0.29) is 35.2 Å². The van der Waals surface area contributed by atoms with Gasteiger partial charge in [0.05, 0.1) is 19.1 Å². The van der Waals surface area contributed by atoms with Gasteiger partial charge in [0, 0.05) is 39.3 Å². The Labute approximate surface area is 244 Å². The van der Waals surface area contributed by atoms with E-state index in [1.807, 2.05) is 36.9 Å². The summed E-state index contributed by atoms with van der Waals surface area (Å²) in [5.74, 6) is 0.241. The lowest BCUT2D eigenvalue weighted by molar-refractivity contribution is -0.138. The van der Waals surface area contributed by atoms with E-state index < -0.39 is 10.0 Å². The summed E-state index contributed by atoms with van der Waals surface area (Å²) < 4.78 is 34.5. The van der Waals surface area contributed by atoms with E-state index >= 15 is 0 Å². The van der Waals surface area contributed by atoms with Crippen molar-refractivity contribution in [2.24, 2.45) is 5.92 Å². The second kappa shape index (κ2) is 12.8. The van der Waals surface area contributed by atoms with Gasteiger partial charge in [-0.15, -0.1) is 0 Å². The Hall–Kier alpha value is -3.20. The van der Waals surface area contributed by atoms with Gasteiger partial charge < -0.3 is 9.64 Å². The Bertz CT molecular complexity index is 1380. The minimum absolute atomic E-state index is 0.0587. The summed E-state index contributed by atoms with van der Waals surface area (Å²) in [4.78, 5) is 18.3. The predicted octanol–water partition coefficient (Wildman–Crippen LogP) is 5.15. The third-order valence-corrected chi connectivity index (χ3v) is 10.3. The minimum Gasteiger partial charge on any atom is -0.495 e. The number of carbonyl (C=O) groups is 1. The molecule has 0 unspecified atom stereocenters. The third kappa shape index (κ3) is 6.35. The van der Waals surface area contributed by atoms with Crippen molar-refractivity contribution in [3.8, 4) is 5.75 Å². The Morgan fingerprint density at radius 1 is 0.829 bits per heavy atom. The van der Waals surface area contributed by atoms with Crippen LogP contribution in [0, 0.1) is 5.92 Å². The molecule has 41 heavy (non-hydrogen) atoms. The summed E-state index contributed by atoms with van der Waals surface area (Å²) in [6, 6.07) is 26.5. The predicted molar refractivity (Wildman–Crippen MR) is 161 cm³/mol. The lowest BCUT2D eigenvalue weighted by Gasteiger charge is -2.41. The number of piperidine rings is 1. The molecule has 218 valence electrons. The van der Waals surface area contributed by atoms with Crippen molar-refractivity contribution in [3.63, 3.8) is 0 Å². The summed E-state index contributed by atoms with van der Waals surface area (Å²) in [5, 5.41) is 0. The highest BCUT2D eigenvalue weighted by Crippen LogP contribution is 2.34. The summed E-state index contributed by atoms with van der Waals surface area (Å²) in [7, 11) is -2.32. The van der Waals surface area contributed by atoms with Crippen LogP contribution in [0.2, 0.25) is 0 Å². The summed E-state index contributed by atoms with van der Waals surface area (Å²) in [6.07, 6.45) is 1.36. The molecule has 5 rings (SSSR count). The van der Waals surface area contributed by atoms with Crippen molar-refractivity contribution in [1.29, 1.82) is 0 Å². The first kappa shape index (κ1) is 29.3. The van der Waals surface area contributed by atoms with Gasteiger partial charge in [-0.1, -0.05) is 80.6 Å². The number of piperazine rings is 1. The number of carbonyl (C=O) groups excluding carboxylic acids is 1. The average molecular weight is 576 g/mol. The summed E-state index contributed by atoms with van der Waals surface area (Å²) in [5.41, 5.74) is 3.42. The fourth-order valence-electron chi connectivity index (χ4n) is 6.10. The van der Waals surface area contributed by atoms with E-state index in [0.717, 1.165) is 18.7 Å². The van der Waals surface area contributed by atoms with Crippen LogP contribution in [0.3, 0.4) is 0 Å². The van der Waals surface area contributed by atoms with Gasteiger partial charge >= 0.3 is 0 Å². The van der Waals surface area contributed by atoms with Gasteiger partial charge in [-0.2, -0.15) is 4.31 Å². The first-order chi connectivity index (χ1) is 19.8. The van der Waals surface area contributed by atoms with Crippen LogP contribution in [-0.4, -0.2) is 74.8 Å². The lowest BCUT2D eigenvalue weighted by atomic mass is 9.95. The van der Waals surface area contributed by atoms with Crippen LogP contribution in [0.15, 0.2) is 83.8 Å². The van der Waals surface area contributed by atoms with Crippen LogP contribution < -0.4 is 4.74 Å². The number of nitrogens with zero attached hydrogens (tertiary/aromatic N) is 3. The number of hydrogen-bond acceptors (Lipinski definition) is 5. The van der Waals surface area contributed by atoms with Gasteiger partial charge in [-0.25, -0.2) is 8.42 Å². The molecule has 2 saturated heterocycles. The standard InChI is InChI=1S/C33H41N3O4S/c1-25(2)28-16-17-30(40-3)31(23-28)41(38,39)36-18-10-15-29(24-36)33(37)35-21-19-34(20-22-35)32(26-11-6-4-7-12-26)27-13-8-5-9-14-27/h4-9,11-14,16-17,23,25,29,32H,10,15,18-22,24H2,1-3H3/t29-/m1/s1. The number of ether oxygens (including phenoxy) is 1. The minimum atomic E-state index is -3.81. The van der Waals surface area contributed by atoms with Crippen LogP contribution in [0.1, 0.15) is 55.3 Å². The monoisotopic (exact) mass is 575 g/mol. The van der Waals surface area contributed by atoms with Crippen LogP contribution in [0.4, 0.5) is 0 Å². The zero-order chi connectivity index (χ0) is 29.0. The molecule has 0 N–H and O–H groups in total. The fourth-order valence-corrected chi connectivity index (χ4v) is 7.81. The Morgan fingerprint density at radius 2 is 1.44 bits per heavy atom. The molecule has 8 heteroatoms. The van der Waals surface area contributed by atoms with Gasteiger partial charge in [0.25, 0.3) is 0 Å². The molecule has 1 amide bonds. The second-order valence-corrected chi connectivity index (χ2v) is 13.3. The van der Waals surface area contributed by atoms with E-state index in [1.165, 1.54) is 22.5 Å². The highest BCUT2D eigenvalue weighted by Gasteiger charge is 2.38. The average Bonchev–Trinajstić information content (AvgIpc) is 3.02. The maximum Gasteiger partial charge on any atom is 0.246 e. The van der Waals surface area contributed by atoms with E-state index in [2.05, 4.69) is 53.4 Å². The Morgan fingerprint density at radius 3 is 2.00 bits per heavy atom. The number of benzene rings is 3. The SMILES string of the molecule is COc1ccc(C(C)C)cc1S(=O)(=O)N1CCC[C@@H](C(=O)N2CCN(C(c3ccccc3)c3ccccc3)CC2)C1. The van der Waals surface area contributed by atoms with Crippen LogP contribution in [-0.2, 0) is 14.8 Å². The van der Waals surface area contributed by atoms with Crippen molar-refractivity contribution in [1.82, 2.24) is 14.1 Å². The van der Waals surface area contributed by atoms with Crippen molar-refractivity contribution in [2.45, 2.75) is 43.5 Å². The van der Waals surface area contributed by atoms with Gasteiger partial charge in [-0.3, -0.25) is 9.69 Å². The zero-order valence-electron chi connectivity index (χ0n) is 24.3. The number of amides is 1. The molecule has 1 atom stereocenters. The molecule has 0 bridgehead atoms. The highest BCUT2D eigenvalue weighted by molar-refractivity contribution is 7.89. The van der Waals surface area contributed by atoms with Gasteiger partial charge in [-0.05, 0) is 47.6 Å². The van der Waals surface area contributed by atoms with E-state index in [4.69, 9.17) is 4.74 Å². The summed E-state index contributed by atoms with van der Waals surface area (Å²) in [6.45, 7) is 7.45. The molecular weight excluding hydrogens is 534 g/mol. The first-order valence-corrected chi connectivity index (χ1v) is 16.0. The molecule has 0 spiro atoms. The smallest absolute Gasteiger partial charge is 0.246 e. The first-order valence-electron chi connectivity index (χ1n) is 14.6. The molecule has 0 aliphatic carbocycles. The highest BCUT2D eigenvalue weighted by atomic mass is 32.2.